The number of benzene rings is 1. The molecule has 2 rings (SSSR count). The van der Waals surface area contributed by atoms with Gasteiger partial charge in [0.1, 0.15) is 0 Å². The number of nitrogens with two attached hydrogens (primary N) is 1. The van der Waals surface area contributed by atoms with Crippen LogP contribution in [0.5, 0.6) is 0 Å². The van der Waals surface area contributed by atoms with E-state index in [1.54, 1.807) is 0 Å². The van der Waals surface area contributed by atoms with Crippen LogP contribution >= 0.6 is 0 Å². The highest BCUT2D eigenvalue weighted by atomic mass is 16.3. The summed E-state index contributed by atoms with van der Waals surface area (Å²) >= 11 is 0. The molecule has 94 valence electrons. The summed E-state index contributed by atoms with van der Waals surface area (Å²) in [4.78, 5) is 0. The van der Waals surface area contributed by atoms with Gasteiger partial charge in [-0.1, -0.05) is 38.1 Å². The van der Waals surface area contributed by atoms with Gasteiger partial charge in [0.25, 0.3) is 0 Å². The average Bonchev–Trinajstić information content (AvgIpc) is 2.69. The Bertz CT molecular complexity index is 411. The minimum absolute atomic E-state index is 0.192. The fraction of sp³-hybridized carbons (Fsp3) is 0.600. The highest BCUT2D eigenvalue weighted by Gasteiger charge is 2.52. The van der Waals surface area contributed by atoms with Gasteiger partial charge in [-0.2, -0.15) is 0 Å². The van der Waals surface area contributed by atoms with Gasteiger partial charge < -0.3 is 10.8 Å². The normalized spacial score (nSPS) is 26.9. The van der Waals surface area contributed by atoms with Crippen molar-refractivity contribution in [3.05, 3.63) is 35.4 Å². The second-order valence-electron chi connectivity index (χ2n) is 5.75. The molecule has 0 aliphatic heterocycles. The first-order valence-electron chi connectivity index (χ1n) is 6.46. The molecule has 1 aromatic carbocycles. The molecule has 0 amide bonds. The van der Waals surface area contributed by atoms with Crippen molar-refractivity contribution < 1.29 is 5.11 Å². The summed E-state index contributed by atoms with van der Waals surface area (Å²) in [6.07, 6.45) is 1.98. The van der Waals surface area contributed by atoms with Crippen molar-refractivity contribution >= 4 is 0 Å². The van der Waals surface area contributed by atoms with Crippen LogP contribution in [-0.4, -0.2) is 17.3 Å². The van der Waals surface area contributed by atoms with Crippen LogP contribution < -0.4 is 5.73 Å². The SMILES string of the molecule is CC(C)C(C)(O)C1(CN)CCc2ccccc21. The maximum absolute atomic E-state index is 10.9. The van der Waals surface area contributed by atoms with Crippen LogP contribution in [-0.2, 0) is 11.8 Å². The molecule has 3 N–H and O–H groups in total. The molecular formula is C15H23NO. The molecule has 0 radical (unpaired) electrons. The van der Waals surface area contributed by atoms with Crippen molar-refractivity contribution in [3.63, 3.8) is 0 Å². The van der Waals surface area contributed by atoms with Crippen molar-refractivity contribution in [3.8, 4) is 0 Å². The lowest BCUT2D eigenvalue weighted by atomic mass is 9.64. The summed E-state index contributed by atoms with van der Waals surface area (Å²) in [5, 5.41) is 10.9. The minimum atomic E-state index is -0.756. The molecule has 2 atom stereocenters. The summed E-state index contributed by atoms with van der Waals surface area (Å²) in [7, 11) is 0. The Morgan fingerprint density at radius 1 is 1.41 bits per heavy atom. The van der Waals surface area contributed by atoms with Crippen molar-refractivity contribution in [2.45, 2.75) is 44.6 Å². The van der Waals surface area contributed by atoms with Gasteiger partial charge in [-0.25, -0.2) is 0 Å². The first-order valence-corrected chi connectivity index (χ1v) is 6.46. The van der Waals surface area contributed by atoms with Crippen molar-refractivity contribution in [1.82, 2.24) is 0 Å². The fourth-order valence-electron chi connectivity index (χ4n) is 3.18. The van der Waals surface area contributed by atoms with Gasteiger partial charge in [0.2, 0.25) is 0 Å². The highest BCUT2D eigenvalue weighted by Crippen LogP contribution is 2.48. The van der Waals surface area contributed by atoms with Crippen molar-refractivity contribution in [1.29, 1.82) is 0 Å². The maximum Gasteiger partial charge on any atom is 0.0751 e. The molecule has 0 heterocycles. The molecule has 0 saturated carbocycles. The predicted molar refractivity (Wildman–Crippen MR) is 71.0 cm³/mol. The summed E-state index contributed by atoms with van der Waals surface area (Å²) in [5.41, 5.74) is 7.61. The second kappa shape index (κ2) is 4.11. The van der Waals surface area contributed by atoms with E-state index in [9.17, 15) is 5.11 Å². The number of hydrogen-bond donors (Lipinski definition) is 2. The van der Waals surface area contributed by atoms with E-state index in [1.807, 2.05) is 13.0 Å². The summed E-state index contributed by atoms with van der Waals surface area (Å²) in [6.45, 7) is 6.58. The van der Waals surface area contributed by atoms with E-state index in [1.165, 1.54) is 11.1 Å². The molecule has 1 aliphatic carbocycles. The van der Waals surface area contributed by atoms with Crippen LogP contribution in [0.4, 0.5) is 0 Å². The van der Waals surface area contributed by atoms with E-state index >= 15 is 0 Å². The lowest BCUT2D eigenvalue weighted by Crippen LogP contribution is -2.56. The third-order valence-corrected chi connectivity index (χ3v) is 4.80. The Labute approximate surface area is 104 Å². The van der Waals surface area contributed by atoms with Crippen LogP contribution in [0.3, 0.4) is 0 Å². The van der Waals surface area contributed by atoms with Crippen molar-refractivity contribution in [2.24, 2.45) is 11.7 Å². The highest BCUT2D eigenvalue weighted by molar-refractivity contribution is 5.42. The van der Waals surface area contributed by atoms with Gasteiger partial charge in [-0.05, 0) is 36.8 Å². The molecular weight excluding hydrogens is 210 g/mol. The third-order valence-electron chi connectivity index (χ3n) is 4.80. The number of hydrogen-bond acceptors (Lipinski definition) is 2. The lowest BCUT2D eigenvalue weighted by molar-refractivity contribution is -0.0591. The van der Waals surface area contributed by atoms with E-state index in [0.717, 1.165) is 12.8 Å². The first-order chi connectivity index (χ1) is 7.95. The Kier molecular flexibility index (Phi) is 3.04. The van der Waals surface area contributed by atoms with Gasteiger partial charge in [0.05, 0.1) is 5.60 Å². The zero-order valence-corrected chi connectivity index (χ0v) is 11.0. The largest absolute Gasteiger partial charge is 0.389 e. The van der Waals surface area contributed by atoms with Crippen molar-refractivity contribution in [2.75, 3.05) is 6.54 Å². The Balaban J connectivity index is 2.55. The first kappa shape index (κ1) is 12.6. The molecule has 2 nitrogen and oxygen atoms in total. The summed E-state index contributed by atoms with van der Waals surface area (Å²) in [5.74, 6) is 0.192. The van der Waals surface area contributed by atoms with Crippen LogP contribution in [0, 0.1) is 5.92 Å². The number of rotatable bonds is 3. The number of fused-ring (bicyclic) bond motifs is 1. The van der Waals surface area contributed by atoms with E-state index < -0.39 is 5.60 Å². The Morgan fingerprint density at radius 3 is 2.65 bits per heavy atom. The van der Waals surface area contributed by atoms with E-state index in [-0.39, 0.29) is 11.3 Å². The lowest BCUT2D eigenvalue weighted by Gasteiger charge is -2.45. The van der Waals surface area contributed by atoms with Crippen LogP contribution in [0.2, 0.25) is 0 Å². The smallest absolute Gasteiger partial charge is 0.0751 e. The van der Waals surface area contributed by atoms with Gasteiger partial charge in [0, 0.05) is 12.0 Å². The molecule has 0 saturated heterocycles. The summed E-state index contributed by atoms with van der Waals surface area (Å²) < 4.78 is 0. The Hall–Kier alpha value is -0.860. The standard InChI is InChI=1S/C15H23NO/c1-11(2)14(3,17)15(10-16)9-8-12-6-4-5-7-13(12)15/h4-7,11,17H,8-10,16H2,1-3H3. The van der Waals surface area contributed by atoms with Gasteiger partial charge in [0.15, 0.2) is 0 Å². The maximum atomic E-state index is 10.9. The number of aryl methyl sites for hydroxylation is 1. The molecule has 0 fully saturated rings. The average molecular weight is 233 g/mol. The van der Waals surface area contributed by atoms with Gasteiger partial charge >= 0.3 is 0 Å². The van der Waals surface area contributed by atoms with E-state index in [2.05, 4.69) is 32.0 Å². The van der Waals surface area contributed by atoms with Gasteiger partial charge in [-0.3, -0.25) is 0 Å². The molecule has 1 aliphatic rings. The Morgan fingerprint density at radius 2 is 2.06 bits per heavy atom. The van der Waals surface area contributed by atoms with Crippen LogP contribution in [0.15, 0.2) is 24.3 Å². The summed E-state index contributed by atoms with van der Waals surface area (Å²) in [6, 6.07) is 8.40. The van der Waals surface area contributed by atoms with Crippen LogP contribution in [0.1, 0.15) is 38.3 Å². The molecule has 1 aromatic rings. The van der Waals surface area contributed by atoms with Crippen LogP contribution in [0.25, 0.3) is 0 Å². The quantitative estimate of drug-likeness (QED) is 0.841. The predicted octanol–water partition coefficient (Wildman–Crippen LogP) is 2.24. The minimum Gasteiger partial charge on any atom is -0.389 e. The monoisotopic (exact) mass is 233 g/mol. The van der Waals surface area contributed by atoms with E-state index in [0.29, 0.717) is 6.54 Å². The molecule has 0 aromatic heterocycles. The zero-order valence-electron chi connectivity index (χ0n) is 11.0. The van der Waals surface area contributed by atoms with E-state index in [4.69, 9.17) is 5.73 Å². The molecule has 2 unspecified atom stereocenters. The fourth-order valence-corrected chi connectivity index (χ4v) is 3.18. The molecule has 0 bridgehead atoms. The molecule has 2 heteroatoms. The molecule has 17 heavy (non-hydrogen) atoms. The topological polar surface area (TPSA) is 46.2 Å². The molecule has 0 spiro atoms. The van der Waals surface area contributed by atoms with Gasteiger partial charge in [-0.15, -0.1) is 0 Å². The number of aliphatic hydroxyl groups is 1. The zero-order chi connectivity index (χ0) is 12.7. The second-order valence-corrected chi connectivity index (χ2v) is 5.75. The third kappa shape index (κ3) is 1.62.